The van der Waals surface area contributed by atoms with Gasteiger partial charge in [0.05, 0.1) is 5.41 Å². The third kappa shape index (κ3) is 1.99. The first-order valence-corrected chi connectivity index (χ1v) is 7.56. The summed E-state index contributed by atoms with van der Waals surface area (Å²) in [5.41, 5.74) is -7.63. The average Bonchev–Trinajstić information content (AvgIpc) is 2.49. The molecule has 0 N–H and O–H groups in total. The number of rotatable bonds is 2. The van der Waals surface area contributed by atoms with Crippen LogP contribution in [0.1, 0.15) is 33.6 Å². The van der Waals surface area contributed by atoms with E-state index in [-0.39, 0.29) is 11.5 Å². The zero-order chi connectivity index (χ0) is 16.4. The first-order chi connectivity index (χ1) is 9.26. The maximum absolute atomic E-state index is 12.3. The predicted octanol–water partition coefficient (Wildman–Crippen LogP) is 1.58. The standard InChI is InChI=1S/C11H14F3NO5S/c1-9(2)6-4-5-10(9,3)8(17)15(7(6)16)20-21(18,19)11(12,13)14/h6H,4-5H2,1-3H3. The molecule has 2 atom stereocenters. The lowest BCUT2D eigenvalue weighted by Crippen LogP contribution is -2.59. The lowest BCUT2D eigenvalue weighted by Gasteiger charge is -2.46. The zero-order valence-electron chi connectivity index (χ0n) is 11.5. The lowest BCUT2D eigenvalue weighted by molar-refractivity contribution is -0.199. The largest absolute Gasteiger partial charge is 0.525 e. The fourth-order valence-electron chi connectivity index (χ4n) is 2.99. The van der Waals surface area contributed by atoms with Gasteiger partial charge in [-0.05, 0) is 18.3 Å². The molecular formula is C11H14F3NO5S. The molecule has 21 heavy (non-hydrogen) atoms. The van der Waals surface area contributed by atoms with Gasteiger partial charge < -0.3 is 0 Å². The number of imide groups is 1. The Bertz CT molecular complexity index is 612. The van der Waals surface area contributed by atoms with Gasteiger partial charge in [0.15, 0.2) is 0 Å². The van der Waals surface area contributed by atoms with Gasteiger partial charge in [0.2, 0.25) is 0 Å². The molecule has 2 fully saturated rings. The average molecular weight is 329 g/mol. The first-order valence-electron chi connectivity index (χ1n) is 6.15. The SMILES string of the molecule is CC12CCC(C(=O)N(OS(=O)(=O)C(F)(F)F)C1=O)C2(C)C. The van der Waals surface area contributed by atoms with Crippen molar-refractivity contribution < 1.29 is 35.5 Å². The first kappa shape index (κ1) is 16.2. The van der Waals surface area contributed by atoms with E-state index in [9.17, 15) is 31.2 Å². The Balaban J connectivity index is 2.41. The predicted molar refractivity (Wildman–Crippen MR) is 62.5 cm³/mol. The molecule has 1 aliphatic heterocycles. The van der Waals surface area contributed by atoms with Crippen LogP contribution in [-0.4, -0.2) is 30.8 Å². The van der Waals surface area contributed by atoms with E-state index in [0.717, 1.165) is 0 Å². The number of hydrogen-bond acceptors (Lipinski definition) is 5. The number of carbonyl (C=O) groups excluding carboxylic acids is 2. The molecule has 10 heteroatoms. The number of carbonyl (C=O) groups is 2. The number of hydroxylamine groups is 2. The normalized spacial score (nSPS) is 32.7. The van der Waals surface area contributed by atoms with E-state index in [1.807, 2.05) is 0 Å². The van der Waals surface area contributed by atoms with E-state index < -0.39 is 44.2 Å². The topological polar surface area (TPSA) is 80.8 Å². The molecule has 2 aliphatic rings. The van der Waals surface area contributed by atoms with Crippen LogP contribution in [0.5, 0.6) is 0 Å². The van der Waals surface area contributed by atoms with Gasteiger partial charge in [0, 0.05) is 5.92 Å². The second-order valence-electron chi connectivity index (χ2n) is 6.06. The third-order valence-corrected chi connectivity index (χ3v) is 5.75. The highest BCUT2D eigenvalue weighted by molar-refractivity contribution is 7.87. The molecule has 1 saturated heterocycles. The van der Waals surface area contributed by atoms with Crippen LogP contribution in [0.25, 0.3) is 0 Å². The zero-order valence-corrected chi connectivity index (χ0v) is 12.3. The van der Waals surface area contributed by atoms with Crippen LogP contribution in [0.3, 0.4) is 0 Å². The Morgan fingerprint density at radius 1 is 1.24 bits per heavy atom. The Hall–Kier alpha value is -1.16. The van der Waals surface area contributed by atoms with Crippen molar-refractivity contribution in [3.8, 4) is 0 Å². The summed E-state index contributed by atoms with van der Waals surface area (Å²) >= 11 is 0. The van der Waals surface area contributed by atoms with Crippen molar-refractivity contribution >= 4 is 21.9 Å². The molecule has 2 bridgehead atoms. The van der Waals surface area contributed by atoms with Crippen LogP contribution in [0, 0.1) is 16.7 Å². The van der Waals surface area contributed by atoms with E-state index in [0.29, 0.717) is 6.42 Å². The number of amides is 2. The lowest BCUT2D eigenvalue weighted by atomic mass is 9.63. The smallest absolute Gasteiger partial charge is 0.272 e. The molecule has 2 amide bonds. The quantitative estimate of drug-likeness (QED) is 0.567. The summed E-state index contributed by atoms with van der Waals surface area (Å²) in [7, 11) is -6.06. The minimum absolute atomic E-state index is 0.230. The molecule has 2 unspecified atom stereocenters. The van der Waals surface area contributed by atoms with Crippen molar-refractivity contribution in [2.45, 2.75) is 39.1 Å². The van der Waals surface area contributed by atoms with E-state index in [4.69, 9.17) is 0 Å². The Morgan fingerprint density at radius 3 is 2.24 bits per heavy atom. The van der Waals surface area contributed by atoms with Crippen molar-refractivity contribution in [3.63, 3.8) is 0 Å². The Labute approximate surface area is 119 Å². The van der Waals surface area contributed by atoms with Gasteiger partial charge in [-0.2, -0.15) is 21.6 Å². The van der Waals surface area contributed by atoms with Gasteiger partial charge in [0.25, 0.3) is 11.8 Å². The summed E-state index contributed by atoms with van der Waals surface area (Å²) in [4.78, 5) is 24.4. The molecule has 0 aromatic rings. The van der Waals surface area contributed by atoms with Gasteiger partial charge in [-0.3, -0.25) is 9.59 Å². The molecular weight excluding hydrogens is 315 g/mol. The molecule has 0 aromatic carbocycles. The number of piperidine rings is 1. The Morgan fingerprint density at radius 2 is 1.76 bits per heavy atom. The number of hydrogen-bond donors (Lipinski definition) is 0. The van der Waals surface area contributed by atoms with Gasteiger partial charge in [-0.15, -0.1) is 9.35 Å². The number of fused-ring (bicyclic) bond motifs is 2. The highest BCUT2D eigenvalue weighted by atomic mass is 32.2. The fourth-order valence-corrected chi connectivity index (χ4v) is 3.41. The molecule has 2 rings (SSSR count). The number of halogens is 3. The van der Waals surface area contributed by atoms with Crippen molar-refractivity contribution in [1.82, 2.24) is 5.06 Å². The monoisotopic (exact) mass is 329 g/mol. The van der Waals surface area contributed by atoms with E-state index in [1.54, 1.807) is 13.8 Å². The minimum Gasteiger partial charge on any atom is -0.272 e. The molecule has 6 nitrogen and oxygen atoms in total. The van der Waals surface area contributed by atoms with Crippen molar-refractivity contribution in [2.75, 3.05) is 0 Å². The number of alkyl halides is 3. The second-order valence-corrected chi connectivity index (χ2v) is 7.58. The highest BCUT2D eigenvalue weighted by Gasteiger charge is 2.66. The van der Waals surface area contributed by atoms with Crippen molar-refractivity contribution in [1.29, 1.82) is 0 Å². The van der Waals surface area contributed by atoms with Crippen molar-refractivity contribution in [3.05, 3.63) is 0 Å². The maximum Gasteiger partial charge on any atom is 0.525 e. The molecule has 0 spiro atoms. The van der Waals surface area contributed by atoms with Crippen LogP contribution in [0.4, 0.5) is 13.2 Å². The van der Waals surface area contributed by atoms with Gasteiger partial charge in [-0.25, -0.2) is 0 Å². The van der Waals surface area contributed by atoms with Crippen LogP contribution >= 0.6 is 0 Å². The van der Waals surface area contributed by atoms with Crippen LogP contribution in [-0.2, 0) is 24.0 Å². The van der Waals surface area contributed by atoms with E-state index in [1.165, 1.54) is 6.92 Å². The summed E-state index contributed by atoms with van der Waals surface area (Å²) in [5.74, 6) is -2.87. The van der Waals surface area contributed by atoms with Crippen molar-refractivity contribution in [2.24, 2.45) is 16.7 Å². The summed E-state index contributed by atoms with van der Waals surface area (Å²) in [6, 6.07) is 0. The summed E-state index contributed by atoms with van der Waals surface area (Å²) < 4.78 is 62.8. The second kappa shape index (κ2) is 4.19. The summed E-state index contributed by atoms with van der Waals surface area (Å²) in [5, 5.41) is -0.230. The van der Waals surface area contributed by atoms with Crippen LogP contribution in [0.2, 0.25) is 0 Å². The maximum atomic E-state index is 12.3. The summed E-state index contributed by atoms with van der Waals surface area (Å²) in [6.45, 7) is 4.82. The summed E-state index contributed by atoms with van der Waals surface area (Å²) in [6.07, 6.45) is 0.571. The Kier molecular flexibility index (Phi) is 3.23. The van der Waals surface area contributed by atoms with E-state index >= 15 is 0 Å². The molecule has 0 radical (unpaired) electrons. The minimum atomic E-state index is -6.06. The van der Waals surface area contributed by atoms with Crippen LogP contribution in [0.15, 0.2) is 0 Å². The molecule has 1 heterocycles. The fraction of sp³-hybridized carbons (Fsp3) is 0.818. The third-order valence-electron chi connectivity index (χ3n) is 4.84. The number of nitrogens with zero attached hydrogens (tertiary/aromatic N) is 1. The molecule has 1 saturated carbocycles. The van der Waals surface area contributed by atoms with Gasteiger partial charge in [0.1, 0.15) is 0 Å². The molecule has 0 aromatic heterocycles. The van der Waals surface area contributed by atoms with Gasteiger partial charge in [-0.1, -0.05) is 20.8 Å². The highest BCUT2D eigenvalue weighted by Crippen LogP contribution is 2.60. The van der Waals surface area contributed by atoms with Crippen LogP contribution < -0.4 is 0 Å². The molecule has 1 aliphatic carbocycles. The van der Waals surface area contributed by atoms with Gasteiger partial charge >= 0.3 is 15.6 Å². The van der Waals surface area contributed by atoms with E-state index in [2.05, 4.69) is 4.28 Å². The molecule has 120 valence electrons.